The van der Waals surface area contributed by atoms with Crippen molar-refractivity contribution in [2.24, 2.45) is 0 Å². The number of halogens is 1. The maximum atomic E-state index is 5.37. The van der Waals surface area contributed by atoms with E-state index in [9.17, 15) is 0 Å². The number of rotatable bonds is 15. The third kappa shape index (κ3) is 9.61. The molecule has 0 atom stereocenters. The molecule has 2 N–H and O–H groups in total. The summed E-state index contributed by atoms with van der Waals surface area (Å²) in [6, 6.07) is 18.0. The molecule has 1 aliphatic heterocycles. The molecule has 3 rings (SSSR count). The first-order valence-corrected chi connectivity index (χ1v) is 14.3. The van der Waals surface area contributed by atoms with E-state index in [0.717, 1.165) is 58.7 Å². The fourth-order valence-corrected chi connectivity index (χ4v) is 4.75. The third-order valence-corrected chi connectivity index (χ3v) is 6.55. The van der Waals surface area contributed by atoms with Gasteiger partial charge in [0.25, 0.3) is 0 Å². The van der Waals surface area contributed by atoms with Crippen LogP contribution in [0.15, 0.2) is 48.5 Å². The molecule has 0 bridgehead atoms. The predicted molar refractivity (Wildman–Crippen MR) is 147 cm³/mol. The SMILES string of the molecule is CBr.COCC[NH2+]CCc1ccccc1CCCCCC1=[N+](CCOC)CCc2ccccc21. The van der Waals surface area contributed by atoms with Gasteiger partial charge in [0, 0.05) is 39.0 Å². The van der Waals surface area contributed by atoms with E-state index in [4.69, 9.17) is 9.47 Å². The highest BCUT2D eigenvalue weighted by Crippen LogP contribution is 2.20. The molecule has 4 nitrogen and oxygen atoms in total. The van der Waals surface area contributed by atoms with Gasteiger partial charge in [-0.05, 0) is 47.9 Å². The Morgan fingerprint density at radius 3 is 2.24 bits per heavy atom. The van der Waals surface area contributed by atoms with Crippen molar-refractivity contribution >= 4 is 21.6 Å². The molecule has 188 valence electrons. The Labute approximate surface area is 215 Å². The molecule has 34 heavy (non-hydrogen) atoms. The second kappa shape index (κ2) is 17.8. The Kier molecular flexibility index (Phi) is 15.1. The Hall–Kier alpha value is -1.53. The van der Waals surface area contributed by atoms with Gasteiger partial charge in [0.1, 0.15) is 13.2 Å². The molecule has 5 heteroatoms. The molecule has 0 amide bonds. The summed E-state index contributed by atoms with van der Waals surface area (Å²) in [7, 11) is 3.57. The number of fused-ring (bicyclic) bond motifs is 1. The average Bonchev–Trinajstić information content (AvgIpc) is 2.89. The number of quaternary nitrogens is 1. The van der Waals surface area contributed by atoms with Crippen molar-refractivity contribution in [1.82, 2.24) is 0 Å². The first-order valence-electron chi connectivity index (χ1n) is 12.8. The van der Waals surface area contributed by atoms with Gasteiger partial charge in [-0.1, -0.05) is 64.8 Å². The zero-order chi connectivity index (χ0) is 24.4. The van der Waals surface area contributed by atoms with Crippen molar-refractivity contribution < 1.29 is 19.4 Å². The Bertz CT molecular complexity index is 854. The second-order valence-electron chi connectivity index (χ2n) is 8.77. The van der Waals surface area contributed by atoms with Gasteiger partial charge in [0.2, 0.25) is 0 Å². The maximum Gasteiger partial charge on any atom is 0.183 e. The summed E-state index contributed by atoms with van der Waals surface area (Å²) in [6.45, 7) is 5.91. The fourth-order valence-electron chi connectivity index (χ4n) is 4.75. The maximum absolute atomic E-state index is 5.37. The number of ether oxygens (including phenoxy) is 2. The average molecular weight is 534 g/mol. The Morgan fingerprint density at radius 2 is 1.47 bits per heavy atom. The minimum Gasteiger partial charge on any atom is -0.379 e. The van der Waals surface area contributed by atoms with E-state index in [1.54, 1.807) is 14.2 Å². The number of benzene rings is 2. The van der Waals surface area contributed by atoms with E-state index in [-0.39, 0.29) is 0 Å². The predicted octanol–water partition coefficient (Wildman–Crippen LogP) is 4.26. The first-order chi connectivity index (χ1) is 16.8. The Balaban J connectivity index is 0.00000199. The van der Waals surface area contributed by atoms with E-state index in [1.165, 1.54) is 53.6 Å². The molecule has 0 fully saturated rings. The van der Waals surface area contributed by atoms with Crippen molar-refractivity contribution in [2.75, 3.05) is 59.4 Å². The van der Waals surface area contributed by atoms with Crippen LogP contribution in [0.3, 0.4) is 0 Å². The van der Waals surface area contributed by atoms with Crippen LogP contribution in [0.1, 0.15) is 47.9 Å². The van der Waals surface area contributed by atoms with Crippen LogP contribution in [0.4, 0.5) is 0 Å². The highest BCUT2D eigenvalue weighted by atomic mass is 79.9. The van der Waals surface area contributed by atoms with E-state index in [1.807, 2.05) is 5.83 Å². The molecule has 0 aliphatic carbocycles. The van der Waals surface area contributed by atoms with Crippen molar-refractivity contribution in [2.45, 2.75) is 44.9 Å². The monoisotopic (exact) mass is 532 g/mol. The van der Waals surface area contributed by atoms with Crippen molar-refractivity contribution in [3.05, 3.63) is 70.8 Å². The minimum atomic E-state index is 0.797. The van der Waals surface area contributed by atoms with Crippen LogP contribution in [0.5, 0.6) is 0 Å². The molecule has 0 radical (unpaired) electrons. The lowest BCUT2D eigenvalue weighted by Gasteiger charge is -2.18. The lowest BCUT2D eigenvalue weighted by molar-refractivity contribution is -0.655. The summed E-state index contributed by atoms with van der Waals surface area (Å²) in [6.07, 6.45) is 8.42. The molecule has 0 saturated carbocycles. The molecule has 2 aromatic carbocycles. The summed E-state index contributed by atoms with van der Waals surface area (Å²) in [5, 5.41) is 2.36. The number of hydrogen-bond acceptors (Lipinski definition) is 2. The normalized spacial score (nSPS) is 12.8. The first kappa shape index (κ1) is 28.7. The van der Waals surface area contributed by atoms with E-state index in [0.29, 0.717) is 0 Å². The van der Waals surface area contributed by atoms with Gasteiger partial charge in [0.15, 0.2) is 12.3 Å². The van der Waals surface area contributed by atoms with Gasteiger partial charge in [-0.25, -0.2) is 4.58 Å². The van der Waals surface area contributed by atoms with Crippen LogP contribution in [0.25, 0.3) is 0 Å². The summed E-state index contributed by atoms with van der Waals surface area (Å²) in [4.78, 5) is 0. The summed E-state index contributed by atoms with van der Waals surface area (Å²) in [5.74, 6) is 1.81. The van der Waals surface area contributed by atoms with Gasteiger partial charge >= 0.3 is 0 Å². The van der Waals surface area contributed by atoms with E-state index in [2.05, 4.69) is 74.4 Å². The summed E-state index contributed by atoms with van der Waals surface area (Å²) < 4.78 is 13.1. The fraction of sp³-hybridized carbons (Fsp3) is 0.552. The molecular formula is C29H45BrN2O2+2. The number of aryl methyl sites for hydroxylation is 1. The van der Waals surface area contributed by atoms with Crippen LogP contribution in [-0.4, -0.2) is 69.7 Å². The van der Waals surface area contributed by atoms with Gasteiger partial charge < -0.3 is 14.8 Å². The highest BCUT2D eigenvalue weighted by molar-refractivity contribution is 9.08. The molecule has 1 aliphatic rings. The number of nitrogens with zero attached hydrogens (tertiary/aromatic N) is 1. The minimum absolute atomic E-state index is 0.797. The second-order valence-corrected chi connectivity index (χ2v) is 8.77. The van der Waals surface area contributed by atoms with E-state index < -0.39 is 0 Å². The lowest BCUT2D eigenvalue weighted by atomic mass is 9.93. The van der Waals surface area contributed by atoms with Gasteiger partial charge in [-0.3, -0.25) is 0 Å². The van der Waals surface area contributed by atoms with Gasteiger partial charge in [0.05, 0.1) is 19.7 Å². The standard InChI is InChI=1S/C28H41N2O2.CH3Br/c1-31-22-19-29-18-16-25-12-7-6-11-24(25)10-4-3-5-15-28-27-14-9-8-13-26(27)17-20-30(28)21-23-32-2;1-2/h6-9,11-14,29H,3-5,10,15-23H2,1-2H3;1H3/q+1;/p+1. The van der Waals surface area contributed by atoms with Crippen LogP contribution < -0.4 is 5.32 Å². The van der Waals surface area contributed by atoms with E-state index >= 15 is 0 Å². The molecule has 1 heterocycles. The Morgan fingerprint density at radius 1 is 0.794 bits per heavy atom. The molecule has 2 aromatic rings. The quantitative estimate of drug-likeness (QED) is 0.211. The largest absolute Gasteiger partial charge is 0.379 e. The van der Waals surface area contributed by atoms with Crippen LogP contribution >= 0.6 is 15.9 Å². The number of hydrogen-bond donors (Lipinski definition) is 1. The zero-order valence-corrected chi connectivity index (χ0v) is 23.1. The summed E-state index contributed by atoms with van der Waals surface area (Å²) in [5.41, 5.74) is 7.54. The van der Waals surface area contributed by atoms with Gasteiger partial charge in [-0.15, -0.1) is 0 Å². The molecular weight excluding hydrogens is 488 g/mol. The number of alkyl halides is 1. The highest BCUT2D eigenvalue weighted by Gasteiger charge is 2.24. The van der Waals surface area contributed by atoms with Crippen LogP contribution in [-0.2, 0) is 28.7 Å². The summed E-state index contributed by atoms with van der Waals surface area (Å²) >= 11 is 2.94. The van der Waals surface area contributed by atoms with Crippen molar-refractivity contribution in [1.29, 1.82) is 0 Å². The number of unbranched alkanes of at least 4 members (excludes halogenated alkanes) is 2. The molecule has 0 saturated heterocycles. The molecule has 0 spiro atoms. The van der Waals surface area contributed by atoms with Gasteiger partial charge in [-0.2, -0.15) is 0 Å². The third-order valence-electron chi connectivity index (χ3n) is 6.55. The number of methoxy groups -OCH3 is 2. The van der Waals surface area contributed by atoms with Crippen LogP contribution in [0, 0.1) is 0 Å². The topological polar surface area (TPSA) is 38.1 Å². The number of nitrogens with two attached hydrogens (primary N) is 1. The molecule has 0 unspecified atom stereocenters. The smallest absolute Gasteiger partial charge is 0.183 e. The molecule has 0 aromatic heterocycles. The zero-order valence-electron chi connectivity index (χ0n) is 21.5. The lowest BCUT2D eigenvalue weighted by Crippen LogP contribution is -2.85. The van der Waals surface area contributed by atoms with Crippen molar-refractivity contribution in [3.8, 4) is 0 Å². The van der Waals surface area contributed by atoms with Crippen LogP contribution in [0.2, 0.25) is 0 Å². The van der Waals surface area contributed by atoms with Crippen molar-refractivity contribution in [3.63, 3.8) is 0 Å².